The highest BCUT2D eigenvalue weighted by Gasteiger charge is 2.33. The van der Waals surface area contributed by atoms with Gasteiger partial charge < -0.3 is 49.6 Å². The molecule has 5 heterocycles. The van der Waals surface area contributed by atoms with Gasteiger partial charge in [0.1, 0.15) is 36.1 Å². The number of amides is 4. The minimum Gasteiger partial charge on any atom is -0.485 e. The number of benzene rings is 2. The number of hydrogen-bond donors (Lipinski definition) is 5. The van der Waals surface area contributed by atoms with Crippen molar-refractivity contribution in [2.24, 2.45) is 5.92 Å². The lowest BCUT2D eigenvalue weighted by Gasteiger charge is -2.28. The summed E-state index contributed by atoms with van der Waals surface area (Å²) < 4.78 is 15.9. The highest BCUT2D eigenvalue weighted by molar-refractivity contribution is 5.96. The van der Waals surface area contributed by atoms with Crippen LogP contribution >= 0.6 is 0 Å². The number of imidazole rings is 2. The number of H-pyrrole nitrogens is 3. The van der Waals surface area contributed by atoms with E-state index in [9.17, 15) is 19.2 Å². The zero-order valence-corrected chi connectivity index (χ0v) is 33.0. The monoisotopic (exact) mass is 779 g/mol. The predicted octanol–water partition coefficient (Wildman–Crippen LogP) is 6.21. The fraction of sp³-hybridized carbons (Fsp3) is 0.415. The third-order valence-electron chi connectivity index (χ3n) is 10.6. The molecule has 2 aromatic carbocycles. The number of nitrogens with zero attached hydrogens (tertiary/aromatic N) is 4. The molecule has 16 heteroatoms. The van der Waals surface area contributed by atoms with Gasteiger partial charge in [0.2, 0.25) is 11.8 Å². The van der Waals surface area contributed by atoms with Crippen molar-refractivity contribution >= 4 is 34.9 Å². The number of hydrogen-bond acceptors (Lipinski definition) is 9. The van der Waals surface area contributed by atoms with Gasteiger partial charge in [-0.15, -0.1) is 0 Å². The van der Waals surface area contributed by atoms with Crippen LogP contribution in [0.2, 0.25) is 0 Å². The fourth-order valence-corrected chi connectivity index (χ4v) is 7.79. The number of carbonyl (C=O) groups excluding carboxylic acids is 4. The minimum atomic E-state index is -0.726. The Morgan fingerprint density at radius 3 is 2.47 bits per heavy atom. The van der Waals surface area contributed by atoms with Crippen molar-refractivity contribution in [1.29, 1.82) is 0 Å². The second-order valence-electron chi connectivity index (χ2n) is 14.8. The molecule has 0 spiro atoms. The van der Waals surface area contributed by atoms with Crippen LogP contribution in [0.15, 0.2) is 48.8 Å². The van der Waals surface area contributed by atoms with E-state index in [-0.39, 0.29) is 43.0 Å². The van der Waals surface area contributed by atoms with Gasteiger partial charge in [-0.3, -0.25) is 9.59 Å². The number of methoxy groups -OCH3 is 2. The first kappa shape index (κ1) is 38.9. The van der Waals surface area contributed by atoms with E-state index in [1.165, 1.54) is 14.2 Å². The molecule has 0 saturated carbocycles. The molecule has 3 unspecified atom stereocenters. The molecule has 1 fully saturated rings. The van der Waals surface area contributed by atoms with Gasteiger partial charge in [0.15, 0.2) is 0 Å². The molecule has 5 aromatic rings. The summed E-state index contributed by atoms with van der Waals surface area (Å²) in [4.78, 5) is 73.1. The maximum Gasteiger partial charge on any atom is 0.407 e. The van der Waals surface area contributed by atoms with Crippen LogP contribution < -0.4 is 15.4 Å². The van der Waals surface area contributed by atoms with E-state index in [1.807, 2.05) is 52.0 Å². The number of likely N-dealkylation sites (tertiary alicyclic amines) is 1. The maximum absolute atomic E-state index is 13.6. The number of carbonyl (C=O) groups is 4. The van der Waals surface area contributed by atoms with Gasteiger partial charge >= 0.3 is 12.2 Å². The number of rotatable bonds is 12. The summed E-state index contributed by atoms with van der Waals surface area (Å²) in [5.74, 6) is 1.55. The summed E-state index contributed by atoms with van der Waals surface area (Å²) in [5, 5.41) is 6.18. The number of aromatic amines is 3. The second-order valence-corrected chi connectivity index (χ2v) is 14.8. The van der Waals surface area contributed by atoms with E-state index in [2.05, 4.69) is 52.4 Å². The molecule has 0 aliphatic carbocycles. The highest BCUT2D eigenvalue weighted by atomic mass is 16.5. The molecule has 57 heavy (non-hydrogen) atoms. The van der Waals surface area contributed by atoms with Crippen molar-refractivity contribution in [1.82, 2.24) is 45.4 Å². The Hall–Kier alpha value is -6.32. The van der Waals surface area contributed by atoms with E-state index in [4.69, 9.17) is 9.47 Å². The predicted molar refractivity (Wildman–Crippen MR) is 212 cm³/mol. The first-order valence-electron chi connectivity index (χ1n) is 19.3. The van der Waals surface area contributed by atoms with Gasteiger partial charge in [0.05, 0.1) is 56.3 Å². The van der Waals surface area contributed by atoms with E-state index in [1.54, 1.807) is 22.2 Å². The van der Waals surface area contributed by atoms with Crippen molar-refractivity contribution in [3.8, 4) is 39.5 Å². The molecule has 3 aromatic heterocycles. The molecule has 4 amide bonds. The smallest absolute Gasteiger partial charge is 0.407 e. The minimum absolute atomic E-state index is 0.134. The Labute approximate surface area is 330 Å². The zero-order chi connectivity index (χ0) is 40.4. The van der Waals surface area contributed by atoms with Crippen LogP contribution in [0.3, 0.4) is 0 Å². The van der Waals surface area contributed by atoms with Crippen LogP contribution in [-0.2, 0) is 25.6 Å². The van der Waals surface area contributed by atoms with Crippen LogP contribution in [-0.4, -0.2) is 98.6 Å². The number of fused-ring (bicyclic) bond motifs is 5. The van der Waals surface area contributed by atoms with Crippen LogP contribution in [0, 0.1) is 5.92 Å². The second kappa shape index (κ2) is 16.4. The highest BCUT2D eigenvalue weighted by Crippen LogP contribution is 2.47. The number of nitrogens with one attached hydrogen (secondary N) is 5. The molecule has 0 bridgehead atoms. The Morgan fingerprint density at radius 1 is 0.982 bits per heavy atom. The Bertz CT molecular complexity index is 2290. The van der Waals surface area contributed by atoms with Gasteiger partial charge in [-0.1, -0.05) is 32.9 Å². The van der Waals surface area contributed by atoms with Crippen LogP contribution in [0.4, 0.5) is 9.59 Å². The van der Waals surface area contributed by atoms with Gasteiger partial charge in [0.25, 0.3) is 0 Å². The quantitative estimate of drug-likeness (QED) is 0.0977. The summed E-state index contributed by atoms with van der Waals surface area (Å²) >= 11 is 0. The van der Waals surface area contributed by atoms with Crippen LogP contribution in [0.1, 0.15) is 76.3 Å². The molecule has 16 nitrogen and oxygen atoms in total. The number of aromatic nitrogens is 5. The standard InChI is InChI=1S/C41H49N9O7/c1-7-14-49(39(52)36(22(2)3)48-41(54)56-6)21-33-42-18-29(45-33)24-11-13-28-27(16-24)35-23(4)57-32-17-25(10-12-26(32)37(35)46-28)30-19-43-38(47-30)31-9-8-15-50(31)34(51)20-44-40(53)55-5/h10-13,16-19,22-23,31,36,46H,7-9,14-15,20-21H2,1-6H3,(H,42,45)(H,43,47)(H,44,53)(H,48,54). The first-order valence-corrected chi connectivity index (χ1v) is 19.3. The third-order valence-corrected chi connectivity index (χ3v) is 10.6. The maximum atomic E-state index is 13.6. The number of ether oxygens (including phenoxy) is 3. The SMILES string of the molecule is CCCN(Cc1ncc(-c2ccc3[nH]c4c(c3c2)C(C)Oc2cc(-c3cnc(C5CCCN5C(=O)CNC(=O)OC)[nH]3)ccc2-4)[nH]1)C(=O)C(NC(=O)OC)C(C)C. The molecule has 1 saturated heterocycles. The largest absolute Gasteiger partial charge is 0.485 e. The molecule has 5 N–H and O–H groups in total. The molecule has 3 atom stereocenters. The fourth-order valence-electron chi connectivity index (χ4n) is 7.79. The Morgan fingerprint density at radius 2 is 1.72 bits per heavy atom. The lowest BCUT2D eigenvalue weighted by Crippen LogP contribution is -2.51. The van der Waals surface area contributed by atoms with E-state index in [0.717, 1.165) is 75.3 Å². The average Bonchev–Trinajstić information content (AvgIpc) is 4.04. The van der Waals surface area contributed by atoms with Crippen molar-refractivity contribution in [2.75, 3.05) is 33.9 Å². The van der Waals surface area contributed by atoms with E-state index in [0.29, 0.717) is 24.7 Å². The topological polar surface area (TPSA) is 200 Å². The van der Waals surface area contributed by atoms with Gasteiger partial charge in [-0.05, 0) is 56.4 Å². The molecule has 2 aliphatic rings. The van der Waals surface area contributed by atoms with Gasteiger partial charge in [-0.25, -0.2) is 19.6 Å². The molecule has 0 radical (unpaired) electrons. The van der Waals surface area contributed by atoms with Crippen molar-refractivity contribution < 1.29 is 33.4 Å². The number of alkyl carbamates (subject to hydrolysis) is 2. The molecule has 300 valence electrons. The Kier molecular flexibility index (Phi) is 11.2. The third kappa shape index (κ3) is 7.89. The van der Waals surface area contributed by atoms with Crippen LogP contribution in [0.25, 0.3) is 44.7 Å². The van der Waals surface area contributed by atoms with Gasteiger partial charge in [-0.2, -0.15) is 0 Å². The van der Waals surface area contributed by atoms with Crippen LogP contribution in [0.5, 0.6) is 5.75 Å². The molecule has 7 rings (SSSR count). The van der Waals surface area contributed by atoms with E-state index < -0.39 is 18.2 Å². The van der Waals surface area contributed by atoms with E-state index >= 15 is 0 Å². The molecular weight excluding hydrogens is 731 g/mol. The normalized spacial score (nSPS) is 16.4. The van der Waals surface area contributed by atoms with Crippen molar-refractivity contribution in [2.45, 2.75) is 71.7 Å². The van der Waals surface area contributed by atoms with Crippen molar-refractivity contribution in [3.05, 3.63) is 66.0 Å². The summed E-state index contributed by atoms with van der Waals surface area (Å²) in [6, 6.07) is 11.4. The molecular formula is C41H49N9O7. The summed E-state index contributed by atoms with van der Waals surface area (Å²) in [7, 11) is 2.54. The first-order chi connectivity index (χ1) is 27.5. The summed E-state index contributed by atoms with van der Waals surface area (Å²) in [6.45, 7) is 9.03. The summed E-state index contributed by atoms with van der Waals surface area (Å²) in [6.07, 6.45) is 4.36. The molecule has 2 aliphatic heterocycles. The lowest BCUT2D eigenvalue weighted by molar-refractivity contribution is -0.135. The zero-order valence-electron chi connectivity index (χ0n) is 33.0. The lowest BCUT2D eigenvalue weighted by atomic mass is 9.95. The summed E-state index contributed by atoms with van der Waals surface area (Å²) in [5.41, 5.74) is 7.43. The van der Waals surface area contributed by atoms with Crippen molar-refractivity contribution in [3.63, 3.8) is 0 Å². The van der Waals surface area contributed by atoms with Gasteiger partial charge in [0, 0.05) is 46.2 Å². The average molecular weight is 780 g/mol. The Balaban J connectivity index is 1.09.